The Bertz CT molecular complexity index is 1010. The molecule has 27 heavy (non-hydrogen) atoms. The number of carboxylic acid groups (broad SMARTS) is 1. The molecule has 3 aromatic rings. The quantitative estimate of drug-likeness (QED) is 0.575. The lowest BCUT2D eigenvalue weighted by Crippen LogP contribution is -1.99. The minimum Gasteiger partial charge on any atom is -0.494 e. The van der Waals surface area contributed by atoms with Crippen molar-refractivity contribution in [3.8, 4) is 23.1 Å². The number of aromatic amines is 1. The van der Waals surface area contributed by atoms with Crippen molar-refractivity contribution >= 4 is 17.3 Å². The van der Waals surface area contributed by atoms with Crippen LogP contribution in [-0.4, -0.2) is 28.3 Å². The van der Waals surface area contributed by atoms with Crippen molar-refractivity contribution in [2.24, 2.45) is 0 Å². The molecule has 0 amide bonds. The molecule has 140 valence electrons. The Morgan fingerprint density at radius 1 is 1.11 bits per heavy atom. The second kappa shape index (κ2) is 7.96. The van der Waals surface area contributed by atoms with Crippen LogP contribution in [0.2, 0.25) is 0 Å². The summed E-state index contributed by atoms with van der Waals surface area (Å²) in [5, 5.41) is 18.5. The first-order valence-corrected chi connectivity index (χ1v) is 8.82. The number of nitrogens with one attached hydrogen (secondary N) is 1. The van der Waals surface area contributed by atoms with Crippen LogP contribution < -0.4 is 14.3 Å². The normalized spacial score (nSPS) is 10.6. The predicted octanol–water partition coefficient (Wildman–Crippen LogP) is 3.16. The molecule has 8 heteroatoms. The number of thiazole rings is 1. The number of carboxylic acids is 1. The molecule has 3 N–H and O–H groups in total. The molecular formula is C19H17NO6S. The summed E-state index contributed by atoms with van der Waals surface area (Å²) in [7, 11) is 1.52. The van der Waals surface area contributed by atoms with E-state index in [-0.39, 0.29) is 17.2 Å². The van der Waals surface area contributed by atoms with Gasteiger partial charge in [-0.05, 0) is 35.4 Å². The number of methoxy groups -OCH3 is 1. The van der Waals surface area contributed by atoms with E-state index in [9.17, 15) is 14.7 Å². The topological polar surface area (TPSA) is 109 Å². The first-order chi connectivity index (χ1) is 12.9. The molecule has 0 spiro atoms. The Balaban J connectivity index is 1.77. The molecule has 0 saturated heterocycles. The lowest BCUT2D eigenvalue weighted by molar-refractivity contribution is -0.136. The van der Waals surface area contributed by atoms with Crippen molar-refractivity contribution in [1.29, 1.82) is 0 Å². The Morgan fingerprint density at radius 2 is 1.81 bits per heavy atom. The molecule has 3 rings (SSSR count). The second-order valence-electron chi connectivity index (χ2n) is 5.76. The summed E-state index contributed by atoms with van der Waals surface area (Å²) in [5.41, 5.74) is 1.53. The van der Waals surface area contributed by atoms with E-state index >= 15 is 0 Å². The summed E-state index contributed by atoms with van der Waals surface area (Å²) >= 11 is 0.960. The fraction of sp³-hybridized carbons (Fsp3) is 0.158. The van der Waals surface area contributed by atoms with Crippen molar-refractivity contribution < 1.29 is 24.5 Å². The number of ether oxygens (including phenoxy) is 2. The van der Waals surface area contributed by atoms with Gasteiger partial charge in [0, 0.05) is 6.42 Å². The molecule has 0 aliphatic rings. The van der Waals surface area contributed by atoms with Crippen LogP contribution in [0.15, 0.2) is 47.3 Å². The van der Waals surface area contributed by atoms with E-state index in [1.807, 2.05) is 6.07 Å². The third kappa shape index (κ3) is 4.68. The standard InChI is InChI=1S/C19H17NO6S/c1-25-15-8-12(9-16-18(23)20-19(24)27-16)4-7-14(15)26-13-5-2-11(3-6-13)10-17(21)22/h2-8,23H,9-10H2,1H3,(H,20,24)(H,21,22). The minimum atomic E-state index is -0.889. The first-order valence-electron chi connectivity index (χ1n) is 8.01. The zero-order valence-electron chi connectivity index (χ0n) is 14.4. The smallest absolute Gasteiger partial charge is 0.307 e. The zero-order valence-corrected chi connectivity index (χ0v) is 15.2. The van der Waals surface area contributed by atoms with E-state index in [0.29, 0.717) is 34.1 Å². The summed E-state index contributed by atoms with van der Waals surface area (Å²) in [6, 6.07) is 12.1. The van der Waals surface area contributed by atoms with E-state index in [4.69, 9.17) is 14.6 Å². The molecule has 0 saturated carbocycles. The third-order valence-corrected chi connectivity index (χ3v) is 4.67. The average Bonchev–Trinajstić information content (AvgIpc) is 2.94. The second-order valence-corrected chi connectivity index (χ2v) is 6.83. The van der Waals surface area contributed by atoms with E-state index < -0.39 is 5.97 Å². The molecule has 0 radical (unpaired) electrons. The highest BCUT2D eigenvalue weighted by Crippen LogP contribution is 2.33. The van der Waals surface area contributed by atoms with Crippen molar-refractivity contribution in [2.45, 2.75) is 12.8 Å². The lowest BCUT2D eigenvalue weighted by atomic mass is 10.1. The number of aromatic hydroxyl groups is 1. The summed E-state index contributed by atoms with van der Waals surface area (Å²) in [6.45, 7) is 0. The predicted molar refractivity (Wildman–Crippen MR) is 100 cm³/mol. The summed E-state index contributed by atoms with van der Waals surface area (Å²) in [5.74, 6) is 0.546. The zero-order chi connectivity index (χ0) is 19.4. The molecule has 0 unspecified atom stereocenters. The number of carbonyl (C=O) groups is 1. The monoisotopic (exact) mass is 387 g/mol. The van der Waals surface area contributed by atoms with Crippen LogP contribution in [-0.2, 0) is 17.6 Å². The summed E-state index contributed by atoms with van der Waals surface area (Å²) < 4.78 is 11.2. The molecule has 1 aromatic heterocycles. The van der Waals surface area contributed by atoms with E-state index in [2.05, 4.69) is 4.98 Å². The first kappa shape index (κ1) is 18.5. The molecular weight excluding hydrogens is 370 g/mol. The van der Waals surface area contributed by atoms with Gasteiger partial charge in [0.25, 0.3) is 0 Å². The Kier molecular flexibility index (Phi) is 5.46. The number of aliphatic carboxylic acids is 1. The van der Waals surface area contributed by atoms with Gasteiger partial charge in [0.2, 0.25) is 5.88 Å². The van der Waals surface area contributed by atoms with E-state index in [1.54, 1.807) is 36.4 Å². The van der Waals surface area contributed by atoms with Gasteiger partial charge in [0.05, 0.1) is 18.4 Å². The van der Waals surface area contributed by atoms with Gasteiger partial charge in [-0.1, -0.05) is 29.5 Å². The van der Waals surface area contributed by atoms with Gasteiger partial charge in [-0.2, -0.15) is 0 Å². The molecule has 2 aromatic carbocycles. The van der Waals surface area contributed by atoms with Crippen LogP contribution in [0, 0.1) is 0 Å². The SMILES string of the molecule is COc1cc(Cc2sc(=O)[nH]c2O)ccc1Oc1ccc(CC(=O)O)cc1. The van der Waals surface area contributed by atoms with Crippen LogP contribution in [0.5, 0.6) is 23.1 Å². The van der Waals surface area contributed by atoms with Crippen LogP contribution >= 0.6 is 11.3 Å². The van der Waals surface area contributed by atoms with Crippen molar-refractivity contribution in [3.63, 3.8) is 0 Å². The molecule has 0 bridgehead atoms. The fourth-order valence-corrected chi connectivity index (χ4v) is 3.30. The summed E-state index contributed by atoms with van der Waals surface area (Å²) in [4.78, 5) is 24.6. The largest absolute Gasteiger partial charge is 0.494 e. The van der Waals surface area contributed by atoms with Crippen molar-refractivity contribution in [1.82, 2.24) is 4.98 Å². The molecule has 0 aliphatic carbocycles. The fourth-order valence-electron chi connectivity index (χ4n) is 2.54. The van der Waals surface area contributed by atoms with Gasteiger partial charge in [-0.3, -0.25) is 14.6 Å². The maximum Gasteiger partial charge on any atom is 0.307 e. The van der Waals surface area contributed by atoms with Gasteiger partial charge in [0.1, 0.15) is 5.75 Å². The van der Waals surface area contributed by atoms with Gasteiger partial charge < -0.3 is 19.7 Å². The highest BCUT2D eigenvalue weighted by molar-refractivity contribution is 7.09. The molecule has 0 atom stereocenters. The molecule has 0 fully saturated rings. The minimum absolute atomic E-state index is 0.0453. The third-order valence-electron chi connectivity index (χ3n) is 3.80. The van der Waals surface area contributed by atoms with E-state index in [0.717, 1.165) is 16.9 Å². The van der Waals surface area contributed by atoms with Gasteiger partial charge in [-0.15, -0.1) is 0 Å². The maximum atomic E-state index is 11.3. The van der Waals surface area contributed by atoms with Crippen LogP contribution in [0.1, 0.15) is 16.0 Å². The van der Waals surface area contributed by atoms with Crippen LogP contribution in [0.25, 0.3) is 0 Å². The van der Waals surface area contributed by atoms with Crippen LogP contribution in [0.3, 0.4) is 0 Å². The number of rotatable bonds is 7. The number of H-pyrrole nitrogens is 1. The number of aromatic nitrogens is 1. The average molecular weight is 387 g/mol. The molecule has 0 aliphatic heterocycles. The molecule has 7 nitrogen and oxygen atoms in total. The van der Waals surface area contributed by atoms with E-state index in [1.165, 1.54) is 7.11 Å². The number of hydrogen-bond acceptors (Lipinski definition) is 6. The highest BCUT2D eigenvalue weighted by Gasteiger charge is 2.12. The molecule has 1 heterocycles. The lowest BCUT2D eigenvalue weighted by Gasteiger charge is -2.12. The summed E-state index contributed by atoms with van der Waals surface area (Å²) in [6.07, 6.45) is 0.339. The van der Waals surface area contributed by atoms with Gasteiger partial charge in [-0.25, -0.2) is 0 Å². The van der Waals surface area contributed by atoms with Gasteiger partial charge >= 0.3 is 10.8 Å². The van der Waals surface area contributed by atoms with Crippen molar-refractivity contribution in [3.05, 3.63) is 68.1 Å². The Hall–Kier alpha value is -3.26. The number of hydrogen-bond donors (Lipinski definition) is 3. The van der Waals surface area contributed by atoms with Crippen molar-refractivity contribution in [2.75, 3.05) is 7.11 Å². The Labute approximate surface area is 158 Å². The highest BCUT2D eigenvalue weighted by atomic mass is 32.1. The number of benzene rings is 2. The van der Waals surface area contributed by atoms with Crippen LogP contribution in [0.4, 0.5) is 0 Å². The van der Waals surface area contributed by atoms with Gasteiger partial charge in [0.15, 0.2) is 11.5 Å². The maximum absolute atomic E-state index is 11.3. The Morgan fingerprint density at radius 3 is 2.41 bits per heavy atom.